The number of benzene rings is 2. The van der Waals surface area contributed by atoms with Gasteiger partial charge in [-0.15, -0.1) is 0 Å². The number of rotatable bonds is 7. The van der Waals surface area contributed by atoms with Crippen molar-refractivity contribution in [1.82, 2.24) is 9.97 Å². The van der Waals surface area contributed by atoms with Crippen LogP contribution in [-0.2, 0) is 20.8 Å². The summed E-state index contributed by atoms with van der Waals surface area (Å²) in [7, 11) is 0. The molecule has 0 fully saturated rings. The van der Waals surface area contributed by atoms with Crippen LogP contribution in [0.1, 0.15) is 23.6 Å². The van der Waals surface area contributed by atoms with E-state index in [9.17, 15) is 14.4 Å². The molecule has 170 valence electrons. The molecule has 2 heterocycles. The second-order valence-electron chi connectivity index (χ2n) is 7.73. The highest BCUT2D eigenvalue weighted by atomic mass is 16.2. The van der Waals surface area contributed by atoms with Crippen molar-refractivity contribution < 1.29 is 14.4 Å². The predicted octanol–water partition coefficient (Wildman–Crippen LogP) is 3.73. The molecule has 5 N–H and O–H groups in total. The van der Waals surface area contributed by atoms with Gasteiger partial charge in [0.2, 0.25) is 17.7 Å². The summed E-state index contributed by atoms with van der Waals surface area (Å²) in [5.74, 6) is -0.489. The number of nitrogens with two attached hydrogens (primary N) is 1. The van der Waals surface area contributed by atoms with Crippen LogP contribution >= 0.6 is 0 Å². The van der Waals surface area contributed by atoms with Crippen LogP contribution < -0.4 is 16.4 Å². The Hall–Kier alpha value is -4.72. The maximum atomic E-state index is 12.5. The molecule has 8 nitrogen and oxygen atoms in total. The average Bonchev–Trinajstić information content (AvgIpc) is 3.20. The van der Waals surface area contributed by atoms with Gasteiger partial charge in [0, 0.05) is 35.3 Å². The molecule has 0 saturated carbocycles. The highest BCUT2D eigenvalue weighted by Crippen LogP contribution is 2.24. The summed E-state index contributed by atoms with van der Waals surface area (Å²) in [6.07, 6.45) is 3.63. The van der Waals surface area contributed by atoms with Crippen molar-refractivity contribution in [2.24, 2.45) is 5.73 Å². The first-order chi connectivity index (χ1) is 16.4. The minimum Gasteiger partial charge on any atom is -0.366 e. The van der Waals surface area contributed by atoms with Gasteiger partial charge in [-0.25, -0.2) is 4.98 Å². The molecule has 0 unspecified atom stereocenters. The first kappa shape index (κ1) is 22.5. The standard InChI is InChI=1S/C26H23N5O3/c1-16(32)29-20-9-7-17(8-10-20)13-24(33)30-23-12-11-21-19(15-28-26(21)31-23)14-22(25(27)34)18-5-3-2-4-6-18/h2-12,14-15H,13H2,1H3,(H2,27,34)(H,29,32)(H2,28,30,31,33). The molecule has 3 amide bonds. The lowest BCUT2D eigenvalue weighted by Gasteiger charge is -2.07. The van der Waals surface area contributed by atoms with E-state index in [-0.39, 0.29) is 18.2 Å². The van der Waals surface area contributed by atoms with E-state index >= 15 is 0 Å². The lowest BCUT2D eigenvalue weighted by Crippen LogP contribution is -2.15. The first-order valence-corrected chi connectivity index (χ1v) is 10.6. The van der Waals surface area contributed by atoms with Gasteiger partial charge in [-0.05, 0) is 41.5 Å². The Balaban J connectivity index is 1.49. The number of hydrogen-bond acceptors (Lipinski definition) is 4. The Labute approximate surface area is 195 Å². The second kappa shape index (κ2) is 9.83. The number of hydrogen-bond donors (Lipinski definition) is 4. The van der Waals surface area contributed by atoms with Crippen LogP contribution in [0.3, 0.4) is 0 Å². The van der Waals surface area contributed by atoms with E-state index in [0.29, 0.717) is 22.7 Å². The molecular weight excluding hydrogens is 430 g/mol. The van der Waals surface area contributed by atoms with Gasteiger partial charge >= 0.3 is 0 Å². The van der Waals surface area contributed by atoms with E-state index in [1.165, 1.54) is 6.92 Å². The van der Waals surface area contributed by atoms with Crippen molar-refractivity contribution >= 4 is 51.9 Å². The predicted molar refractivity (Wildman–Crippen MR) is 133 cm³/mol. The van der Waals surface area contributed by atoms with Crippen molar-refractivity contribution in [1.29, 1.82) is 0 Å². The number of carbonyl (C=O) groups excluding carboxylic acids is 3. The Morgan fingerprint density at radius 2 is 1.71 bits per heavy atom. The van der Waals surface area contributed by atoms with E-state index in [4.69, 9.17) is 5.73 Å². The summed E-state index contributed by atoms with van der Waals surface area (Å²) in [6, 6.07) is 19.8. The van der Waals surface area contributed by atoms with Crippen LogP contribution in [0.2, 0.25) is 0 Å². The first-order valence-electron chi connectivity index (χ1n) is 10.6. The van der Waals surface area contributed by atoms with Crippen molar-refractivity contribution in [3.8, 4) is 0 Å². The fourth-order valence-corrected chi connectivity index (χ4v) is 3.57. The van der Waals surface area contributed by atoms with Crippen LogP contribution in [0.4, 0.5) is 11.5 Å². The molecule has 2 aromatic carbocycles. The minimum absolute atomic E-state index is 0.152. The molecule has 34 heavy (non-hydrogen) atoms. The van der Waals surface area contributed by atoms with Crippen LogP contribution in [0, 0.1) is 0 Å². The molecule has 4 rings (SSSR count). The van der Waals surface area contributed by atoms with Crippen molar-refractivity contribution in [3.05, 3.63) is 89.6 Å². The van der Waals surface area contributed by atoms with Gasteiger partial charge in [0.25, 0.3) is 0 Å². The molecule has 0 aliphatic heterocycles. The summed E-state index contributed by atoms with van der Waals surface area (Å²) >= 11 is 0. The van der Waals surface area contributed by atoms with Gasteiger partial charge in [-0.1, -0.05) is 42.5 Å². The summed E-state index contributed by atoms with van der Waals surface area (Å²) in [5.41, 5.74) is 9.53. The smallest absolute Gasteiger partial charge is 0.249 e. The summed E-state index contributed by atoms with van der Waals surface area (Å²) < 4.78 is 0. The topological polar surface area (TPSA) is 130 Å². The summed E-state index contributed by atoms with van der Waals surface area (Å²) in [4.78, 5) is 43.1. The number of nitrogens with one attached hydrogen (secondary N) is 3. The van der Waals surface area contributed by atoms with Crippen molar-refractivity contribution in [2.75, 3.05) is 10.6 Å². The van der Waals surface area contributed by atoms with Gasteiger partial charge in [0.15, 0.2) is 0 Å². The quantitative estimate of drug-likeness (QED) is 0.318. The SMILES string of the molecule is CC(=O)Nc1ccc(CC(=O)Nc2ccc3c(C=C(C(N)=O)c4ccccc4)c[nH]c3n2)cc1. The minimum atomic E-state index is -0.525. The fourth-order valence-electron chi connectivity index (χ4n) is 3.57. The normalized spacial score (nSPS) is 11.3. The number of carbonyl (C=O) groups is 3. The summed E-state index contributed by atoms with van der Waals surface area (Å²) in [6.45, 7) is 1.44. The van der Waals surface area contributed by atoms with E-state index in [1.807, 2.05) is 36.4 Å². The highest BCUT2D eigenvalue weighted by molar-refractivity contribution is 6.24. The average molecular weight is 454 g/mol. The molecule has 4 aromatic rings. The third kappa shape index (κ3) is 5.36. The maximum Gasteiger partial charge on any atom is 0.249 e. The molecule has 0 spiro atoms. The lowest BCUT2D eigenvalue weighted by molar-refractivity contribution is -0.116. The Morgan fingerprint density at radius 1 is 0.971 bits per heavy atom. The third-order valence-corrected chi connectivity index (χ3v) is 5.13. The van der Waals surface area contributed by atoms with Gasteiger partial charge < -0.3 is 21.4 Å². The van der Waals surface area contributed by atoms with Crippen LogP contribution in [-0.4, -0.2) is 27.7 Å². The Morgan fingerprint density at radius 3 is 2.38 bits per heavy atom. The largest absolute Gasteiger partial charge is 0.366 e. The molecule has 0 saturated heterocycles. The van der Waals surface area contributed by atoms with Crippen LogP contribution in [0.5, 0.6) is 0 Å². The number of aromatic amines is 1. The second-order valence-corrected chi connectivity index (χ2v) is 7.73. The molecule has 8 heteroatoms. The number of amides is 3. The Kier molecular flexibility index (Phi) is 6.49. The molecule has 0 atom stereocenters. The van der Waals surface area contributed by atoms with E-state index in [1.54, 1.807) is 42.6 Å². The molecular formula is C26H23N5O3. The number of primary amides is 1. The van der Waals surface area contributed by atoms with Crippen LogP contribution in [0.15, 0.2) is 72.9 Å². The van der Waals surface area contributed by atoms with Gasteiger partial charge in [-0.3, -0.25) is 14.4 Å². The molecule has 2 aromatic heterocycles. The molecule has 0 aliphatic rings. The lowest BCUT2D eigenvalue weighted by atomic mass is 10.0. The van der Waals surface area contributed by atoms with E-state index in [2.05, 4.69) is 20.6 Å². The number of H-pyrrole nitrogens is 1. The number of pyridine rings is 1. The summed E-state index contributed by atoms with van der Waals surface area (Å²) in [5, 5.41) is 6.28. The van der Waals surface area contributed by atoms with E-state index < -0.39 is 5.91 Å². The number of fused-ring (bicyclic) bond motifs is 1. The highest BCUT2D eigenvalue weighted by Gasteiger charge is 2.12. The maximum absolute atomic E-state index is 12.5. The number of nitrogens with zero attached hydrogens (tertiary/aromatic N) is 1. The van der Waals surface area contributed by atoms with Crippen molar-refractivity contribution in [2.45, 2.75) is 13.3 Å². The van der Waals surface area contributed by atoms with Crippen LogP contribution in [0.25, 0.3) is 22.7 Å². The van der Waals surface area contributed by atoms with Gasteiger partial charge in [0.05, 0.1) is 6.42 Å². The molecule has 0 radical (unpaired) electrons. The zero-order valence-electron chi connectivity index (χ0n) is 18.5. The van der Waals surface area contributed by atoms with E-state index in [0.717, 1.165) is 22.1 Å². The number of anilines is 2. The monoisotopic (exact) mass is 453 g/mol. The molecule has 0 aliphatic carbocycles. The van der Waals surface area contributed by atoms with Gasteiger partial charge in [-0.2, -0.15) is 0 Å². The molecule has 0 bridgehead atoms. The zero-order chi connectivity index (χ0) is 24.1. The van der Waals surface area contributed by atoms with Crippen molar-refractivity contribution in [3.63, 3.8) is 0 Å². The fraction of sp³-hybridized carbons (Fsp3) is 0.0769. The third-order valence-electron chi connectivity index (χ3n) is 5.13. The Bertz CT molecular complexity index is 1390. The number of aromatic nitrogens is 2. The van der Waals surface area contributed by atoms with Gasteiger partial charge in [0.1, 0.15) is 11.5 Å². The zero-order valence-corrected chi connectivity index (χ0v) is 18.5.